The number of ether oxygens (including phenoxy) is 4. The molecule has 0 unspecified atom stereocenters. The molecule has 0 fully saturated rings. The van der Waals surface area contributed by atoms with Crippen LogP contribution < -0.4 is 24.3 Å². The van der Waals surface area contributed by atoms with Gasteiger partial charge < -0.3 is 33.7 Å². The molecule has 1 aliphatic heterocycles. The molecule has 32 heavy (non-hydrogen) atoms. The highest BCUT2D eigenvalue weighted by atomic mass is 16.5. The number of benzene rings is 2. The van der Waals surface area contributed by atoms with E-state index in [1.54, 1.807) is 28.4 Å². The number of carbonyl (C=O) groups is 1. The van der Waals surface area contributed by atoms with Crippen molar-refractivity contribution in [2.75, 3.05) is 40.3 Å². The monoisotopic (exact) mass is 437 g/mol. The van der Waals surface area contributed by atoms with Crippen LogP contribution in [0.1, 0.15) is 17.3 Å². The summed E-state index contributed by atoms with van der Waals surface area (Å²) >= 11 is 0. The van der Waals surface area contributed by atoms with E-state index in [0.29, 0.717) is 36.0 Å². The Kier molecular flexibility index (Phi) is 6.11. The lowest BCUT2D eigenvalue weighted by molar-refractivity contribution is 0.181. The third kappa shape index (κ3) is 3.91. The molecular weight excluding hydrogens is 410 g/mol. The SMILES string of the molecule is COc1ccc(NC(=O)N2CCn3cccc3[C@@H]2c2cc(OC)c(OC)c(OC)c2)cc1. The molecule has 8 heteroatoms. The van der Waals surface area contributed by atoms with Crippen LogP contribution in [0.2, 0.25) is 0 Å². The number of carbonyl (C=O) groups excluding carboxylic acids is 1. The lowest BCUT2D eigenvalue weighted by Crippen LogP contribution is -2.44. The number of rotatable bonds is 6. The van der Waals surface area contributed by atoms with Crippen LogP contribution >= 0.6 is 0 Å². The number of aromatic nitrogens is 1. The number of hydrogen-bond acceptors (Lipinski definition) is 5. The maximum absolute atomic E-state index is 13.4. The molecule has 0 saturated heterocycles. The number of urea groups is 1. The number of nitrogens with one attached hydrogen (secondary N) is 1. The number of nitrogens with zero attached hydrogens (tertiary/aromatic N) is 2. The molecule has 2 aromatic carbocycles. The maximum atomic E-state index is 13.4. The Bertz CT molecular complexity index is 1070. The average Bonchev–Trinajstić information content (AvgIpc) is 3.31. The van der Waals surface area contributed by atoms with Crippen molar-refractivity contribution in [3.63, 3.8) is 0 Å². The van der Waals surface area contributed by atoms with E-state index in [0.717, 1.165) is 17.0 Å². The fraction of sp³-hybridized carbons (Fsp3) is 0.292. The second-order valence-corrected chi connectivity index (χ2v) is 7.34. The summed E-state index contributed by atoms with van der Waals surface area (Å²) in [5, 5.41) is 3.00. The highest BCUT2D eigenvalue weighted by Gasteiger charge is 2.33. The van der Waals surface area contributed by atoms with Crippen molar-refractivity contribution in [2.45, 2.75) is 12.6 Å². The van der Waals surface area contributed by atoms with Crippen molar-refractivity contribution in [1.82, 2.24) is 9.47 Å². The van der Waals surface area contributed by atoms with E-state index < -0.39 is 0 Å². The first-order valence-corrected chi connectivity index (χ1v) is 10.3. The topological polar surface area (TPSA) is 74.2 Å². The van der Waals surface area contributed by atoms with Gasteiger partial charge in [0.25, 0.3) is 0 Å². The van der Waals surface area contributed by atoms with Crippen LogP contribution in [0.4, 0.5) is 10.5 Å². The minimum Gasteiger partial charge on any atom is -0.497 e. The largest absolute Gasteiger partial charge is 0.497 e. The van der Waals surface area contributed by atoms with E-state index in [1.807, 2.05) is 59.6 Å². The van der Waals surface area contributed by atoms with Crippen molar-refractivity contribution in [3.05, 3.63) is 66.0 Å². The van der Waals surface area contributed by atoms with Crippen LogP contribution in [-0.2, 0) is 6.54 Å². The summed E-state index contributed by atoms with van der Waals surface area (Å²) in [7, 11) is 6.34. The average molecular weight is 437 g/mol. The predicted octanol–water partition coefficient (Wildman–Crippen LogP) is 4.16. The van der Waals surface area contributed by atoms with Crippen molar-refractivity contribution >= 4 is 11.7 Å². The Balaban J connectivity index is 1.72. The summed E-state index contributed by atoms with van der Waals surface area (Å²) in [6.45, 7) is 1.25. The molecule has 168 valence electrons. The number of methoxy groups -OCH3 is 4. The first-order chi connectivity index (χ1) is 15.6. The summed E-state index contributed by atoms with van der Waals surface area (Å²) in [5.41, 5.74) is 2.57. The molecule has 4 rings (SSSR count). The molecule has 0 radical (unpaired) electrons. The lowest BCUT2D eigenvalue weighted by atomic mass is 9.99. The van der Waals surface area contributed by atoms with Crippen molar-refractivity contribution < 1.29 is 23.7 Å². The van der Waals surface area contributed by atoms with Crippen LogP contribution in [-0.4, -0.2) is 50.5 Å². The van der Waals surface area contributed by atoms with Gasteiger partial charge in [0.15, 0.2) is 11.5 Å². The van der Waals surface area contributed by atoms with Gasteiger partial charge in [-0.1, -0.05) is 0 Å². The Morgan fingerprint density at radius 1 is 0.906 bits per heavy atom. The zero-order valence-corrected chi connectivity index (χ0v) is 18.6. The molecule has 1 aliphatic rings. The Labute approximate surface area is 187 Å². The summed E-state index contributed by atoms with van der Waals surface area (Å²) in [4.78, 5) is 15.2. The minimum atomic E-state index is -0.328. The zero-order valence-electron chi connectivity index (χ0n) is 18.6. The third-order valence-electron chi connectivity index (χ3n) is 5.64. The lowest BCUT2D eigenvalue weighted by Gasteiger charge is -2.37. The molecule has 0 spiro atoms. The van der Waals surface area contributed by atoms with Crippen LogP contribution in [0.3, 0.4) is 0 Å². The summed E-state index contributed by atoms with van der Waals surface area (Å²) in [6, 6.07) is 14.5. The van der Waals surface area contributed by atoms with E-state index in [2.05, 4.69) is 9.88 Å². The van der Waals surface area contributed by atoms with Gasteiger partial charge >= 0.3 is 6.03 Å². The molecule has 8 nitrogen and oxygen atoms in total. The highest BCUT2D eigenvalue weighted by Crippen LogP contribution is 2.43. The van der Waals surface area contributed by atoms with Crippen molar-refractivity contribution in [1.29, 1.82) is 0 Å². The van der Waals surface area contributed by atoms with Crippen LogP contribution in [0.15, 0.2) is 54.7 Å². The predicted molar refractivity (Wildman–Crippen MR) is 121 cm³/mol. The van der Waals surface area contributed by atoms with E-state index in [-0.39, 0.29) is 12.1 Å². The van der Waals surface area contributed by atoms with E-state index in [1.165, 1.54) is 0 Å². The Hall–Kier alpha value is -3.81. The normalized spacial score (nSPS) is 15.0. The third-order valence-corrected chi connectivity index (χ3v) is 5.64. The fourth-order valence-corrected chi connectivity index (χ4v) is 4.08. The van der Waals surface area contributed by atoms with E-state index >= 15 is 0 Å². The van der Waals surface area contributed by atoms with Gasteiger partial charge in [0, 0.05) is 30.7 Å². The number of anilines is 1. The van der Waals surface area contributed by atoms with Gasteiger partial charge in [0.1, 0.15) is 5.75 Å². The van der Waals surface area contributed by atoms with Crippen molar-refractivity contribution in [3.8, 4) is 23.0 Å². The van der Waals surface area contributed by atoms with E-state index in [9.17, 15) is 4.79 Å². The maximum Gasteiger partial charge on any atom is 0.322 e. The Morgan fingerprint density at radius 2 is 1.59 bits per heavy atom. The summed E-state index contributed by atoms with van der Waals surface area (Å²) in [5.74, 6) is 2.33. The second-order valence-electron chi connectivity index (χ2n) is 7.34. The van der Waals surface area contributed by atoms with Crippen LogP contribution in [0.25, 0.3) is 0 Å². The van der Waals surface area contributed by atoms with Crippen LogP contribution in [0, 0.1) is 0 Å². The van der Waals surface area contributed by atoms with Crippen LogP contribution in [0.5, 0.6) is 23.0 Å². The fourth-order valence-electron chi connectivity index (χ4n) is 4.08. The molecule has 1 N–H and O–H groups in total. The smallest absolute Gasteiger partial charge is 0.322 e. The molecule has 0 aliphatic carbocycles. The molecule has 3 aromatic rings. The standard InChI is InChI=1S/C24H27N3O5/c1-29-18-9-7-17(8-10-18)25-24(28)27-13-12-26-11-5-6-19(26)22(27)16-14-20(30-2)23(32-4)21(15-16)31-3/h5-11,14-15,22H,12-13H2,1-4H3,(H,25,28)/t22-/m0/s1. The first-order valence-electron chi connectivity index (χ1n) is 10.3. The molecule has 2 amide bonds. The number of fused-ring (bicyclic) bond motifs is 1. The van der Waals surface area contributed by atoms with Gasteiger partial charge in [-0.25, -0.2) is 4.79 Å². The van der Waals surface area contributed by atoms with Gasteiger partial charge in [-0.05, 0) is 54.1 Å². The number of hydrogen-bond donors (Lipinski definition) is 1. The quantitative estimate of drug-likeness (QED) is 0.627. The first kappa shape index (κ1) is 21.4. The van der Waals surface area contributed by atoms with Crippen molar-refractivity contribution in [2.24, 2.45) is 0 Å². The highest BCUT2D eigenvalue weighted by molar-refractivity contribution is 5.90. The molecule has 0 bridgehead atoms. The minimum absolute atomic E-state index is 0.193. The molecule has 2 heterocycles. The van der Waals surface area contributed by atoms with E-state index in [4.69, 9.17) is 18.9 Å². The molecule has 0 saturated carbocycles. The molecular formula is C24H27N3O5. The Morgan fingerprint density at radius 3 is 2.19 bits per heavy atom. The van der Waals surface area contributed by atoms with Gasteiger partial charge in [-0.3, -0.25) is 0 Å². The van der Waals surface area contributed by atoms with Gasteiger partial charge in [0.2, 0.25) is 5.75 Å². The molecule has 1 atom stereocenters. The van der Waals surface area contributed by atoms with Gasteiger partial charge in [0.05, 0.1) is 34.5 Å². The number of amides is 2. The summed E-state index contributed by atoms with van der Waals surface area (Å²) < 4.78 is 23.9. The van der Waals surface area contributed by atoms with Gasteiger partial charge in [-0.2, -0.15) is 0 Å². The zero-order chi connectivity index (χ0) is 22.7. The van der Waals surface area contributed by atoms with Gasteiger partial charge in [-0.15, -0.1) is 0 Å². The summed E-state index contributed by atoms with van der Waals surface area (Å²) in [6.07, 6.45) is 2.03. The molecule has 1 aromatic heterocycles. The second kappa shape index (κ2) is 9.13.